The fourth-order valence-electron chi connectivity index (χ4n) is 2.07. The summed E-state index contributed by atoms with van der Waals surface area (Å²) in [5, 5.41) is 9.89. The predicted octanol–water partition coefficient (Wildman–Crippen LogP) is 2.82. The molecule has 0 saturated heterocycles. The highest BCUT2D eigenvalue weighted by atomic mass is 16.4. The summed E-state index contributed by atoms with van der Waals surface area (Å²) in [4.78, 5) is 14.2. The molecule has 1 aliphatic rings. The molecule has 1 saturated carbocycles. The van der Waals surface area contributed by atoms with Gasteiger partial charge in [-0.1, -0.05) is 0 Å². The molecule has 2 N–H and O–H groups in total. The van der Waals surface area contributed by atoms with Crippen LogP contribution in [-0.2, 0) is 6.42 Å². The molecule has 3 nitrogen and oxygen atoms in total. The van der Waals surface area contributed by atoms with E-state index in [-0.39, 0.29) is 0 Å². The zero-order valence-electron chi connectivity index (χ0n) is 8.86. The van der Waals surface area contributed by atoms with Gasteiger partial charge in [0.15, 0.2) is 0 Å². The minimum absolute atomic E-state index is 0.351. The molecule has 0 aliphatic heterocycles. The van der Waals surface area contributed by atoms with Crippen LogP contribution in [0.3, 0.4) is 0 Å². The molecule has 1 aliphatic carbocycles. The number of aromatic carboxylic acids is 1. The Bertz CT molecular complexity index is 552. The second-order valence-electron chi connectivity index (χ2n) is 4.55. The average Bonchev–Trinajstić information content (AvgIpc) is 2.96. The first-order valence-electron chi connectivity index (χ1n) is 5.57. The van der Waals surface area contributed by atoms with Crippen molar-refractivity contribution in [2.75, 3.05) is 0 Å². The molecule has 3 heteroatoms. The van der Waals surface area contributed by atoms with E-state index in [1.807, 2.05) is 6.07 Å². The number of nitrogens with one attached hydrogen (secondary N) is 1. The Kier molecular flexibility index (Phi) is 1.99. The van der Waals surface area contributed by atoms with Crippen molar-refractivity contribution in [1.29, 1.82) is 0 Å². The Hall–Kier alpha value is -1.77. The van der Waals surface area contributed by atoms with E-state index >= 15 is 0 Å². The number of hydrogen-bond donors (Lipinski definition) is 2. The second kappa shape index (κ2) is 3.37. The van der Waals surface area contributed by atoms with Crippen LogP contribution in [-0.4, -0.2) is 16.1 Å². The monoisotopic (exact) mass is 215 g/mol. The molecule has 1 aromatic carbocycles. The van der Waals surface area contributed by atoms with Crippen LogP contribution in [0, 0.1) is 5.92 Å². The van der Waals surface area contributed by atoms with E-state index in [0.29, 0.717) is 5.56 Å². The van der Waals surface area contributed by atoms with E-state index in [0.717, 1.165) is 23.2 Å². The SMILES string of the molecule is O=C(O)c1ccc2[nH]c(CC3CC3)cc2c1. The van der Waals surface area contributed by atoms with Crippen LogP contribution in [0.2, 0.25) is 0 Å². The van der Waals surface area contributed by atoms with Crippen molar-refractivity contribution in [3.05, 3.63) is 35.5 Å². The summed E-state index contributed by atoms with van der Waals surface area (Å²) in [6.07, 6.45) is 3.75. The standard InChI is InChI=1S/C13H13NO2/c15-13(16)9-3-4-12-10(6-9)7-11(14-12)5-8-1-2-8/h3-4,6-8,14H,1-2,5H2,(H,15,16). The maximum absolute atomic E-state index is 10.8. The number of carboxylic acid groups (broad SMARTS) is 1. The van der Waals surface area contributed by atoms with Gasteiger partial charge in [0.05, 0.1) is 5.56 Å². The number of aromatic amines is 1. The molecule has 0 amide bonds. The first-order chi connectivity index (χ1) is 7.72. The smallest absolute Gasteiger partial charge is 0.335 e. The number of carbonyl (C=O) groups is 1. The molecular formula is C13H13NO2. The minimum atomic E-state index is -0.869. The van der Waals surface area contributed by atoms with Crippen LogP contribution in [0.5, 0.6) is 0 Å². The number of carboxylic acids is 1. The predicted molar refractivity (Wildman–Crippen MR) is 61.7 cm³/mol. The topological polar surface area (TPSA) is 53.1 Å². The number of fused-ring (bicyclic) bond motifs is 1. The second-order valence-corrected chi connectivity index (χ2v) is 4.55. The van der Waals surface area contributed by atoms with Crippen LogP contribution in [0.1, 0.15) is 28.9 Å². The van der Waals surface area contributed by atoms with E-state index < -0.39 is 5.97 Å². The molecule has 0 unspecified atom stereocenters. The lowest BCUT2D eigenvalue weighted by Crippen LogP contribution is -1.94. The Morgan fingerprint density at radius 2 is 2.19 bits per heavy atom. The summed E-state index contributed by atoms with van der Waals surface area (Å²) in [7, 11) is 0. The Morgan fingerprint density at radius 3 is 2.88 bits per heavy atom. The lowest BCUT2D eigenvalue weighted by atomic mass is 10.1. The van der Waals surface area contributed by atoms with Crippen molar-refractivity contribution in [2.45, 2.75) is 19.3 Å². The highest BCUT2D eigenvalue weighted by molar-refractivity contribution is 5.93. The lowest BCUT2D eigenvalue weighted by Gasteiger charge is -1.93. The zero-order valence-corrected chi connectivity index (χ0v) is 8.86. The van der Waals surface area contributed by atoms with Gasteiger partial charge >= 0.3 is 5.97 Å². The van der Waals surface area contributed by atoms with Crippen molar-refractivity contribution in [1.82, 2.24) is 4.98 Å². The summed E-state index contributed by atoms with van der Waals surface area (Å²) in [6.45, 7) is 0. The highest BCUT2D eigenvalue weighted by Gasteiger charge is 2.22. The van der Waals surface area contributed by atoms with E-state index in [1.54, 1.807) is 12.1 Å². The van der Waals surface area contributed by atoms with Crippen LogP contribution in [0.15, 0.2) is 24.3 Å². The maximum Gasteiger partial charge on any atom is 0.335 e. The van der Waals surface area contributed by atoms with E-state index in [2.05, 4.69) is 11.1 Å². The van der Waals surface area contributed by atoms with Gasteiger partial charge in [0.2, 0.25) is 0 Å². The third kappa shape index (κ3) is 1.69. The summed E-state index contributed by atoms with van der Waals surface area (Å²) >= 11 is 0. The zero-order chi connectivity index (χ0) is 11.1. The summed E-state index contributed by atoms with van der Waals surface area (Å²) in [5.41, 5.74) is 2.60. The molecule has 0 atom stereocenters. The highest BCUT2D eigenvalue weighted by Crippen LogP contribution is 2.33. The van der Waals surface area contributed by atoms with Gasteiger partial charge in [-0.15, -0.1) is 0 Å². The van der Waals surface area contributed by atoms with Crippen molar-refractivity contribution in [3.63, 3.8) is 0 Å². The van der Waals surface area contributed by atoms with Crippen LogP contribution in [0.25, 0.3) is 10.9 Å². The van der Waals surface area contributed by atoms with E-state index in [1.165, 1.54) is 18.5 Å². The van der Waals surface area contributed by atoms with Crippen LogP contribution < -0.4 is 0 Å². The molecule has 1 heterocycles. The summed E-state index contributed by atoms with van der Waals surface area (Å²) in [5.74, 6) is -0.0288. The molecule has 3 rings (SSSR count). The molecule has 1 fully saturated rings. The summed E-state index contributed by atoms with van der Waals surface area (Å²) < 4.78 is 0. The number of rotatable bonds is 3. The van der Waals surface area contributed by atoms with Crippen molar-refractivity contribution in [3.8, 4) is 0 Å². The molecule has 82 valence electrons. The summed E-state index contributed by atoms with van der Waals surface area (Å²) in [6, 6.07) is 7.28. The molecule has 0 radical (unpaired) electrons. The quantitative estimate of drug-likeness (QED) is 0.827. The molecular weight excluding hydrogens is 202 g/mol. The first kappa shape index (κ1) is 9.46. The Labute approximate surface area is 93.1 Å². The van der Waals surface area contributed by atoms with Crippen LogP contribution in [0.4, 0.5) is 0 Å². The van der Waals surface area contributed by atoms with Crippen molar-refractivity contribution >= 4 is 16.9 Å². The molecule has 1 aromatic heterocycles. The average molecular weight is 215 g/mol. The number of benzene rings is 1. The van der Waals surface area contributed by atoms with Crippen molar-refractivity contribution < 1.29 is 9.90 Å². The van der Waals surface area contributed by atoms with Gasteiger partial charge in [0.25, 0.3) is 0 Å². The first-order valence-corrected chi connectivity index (χ1v) is 5.57. The van der Waals surface area contributed by atoms with Gasteiger partial charge in [-0.05, 0) is 49.4 Å². The van der Waals surface area contributed by atoms with Gasteiger partial charge in [0.1, 0.15) is 0 Å². The molecule has 16 heavy (non-hydrogen) atoms. The fraction of sp³-hybridized carbons (Fsp3) is 0.308. The fourth-order valence-corrected chi connectivity index (χ4v) is 2.07. The lowest BCUT2D eigenvalue weighted by molar-refractivity contribution is 0.0697. The number of hydrogen-bond acceptors (Lipinski definition) is 1. The van der Waals surface area contributed by atoms with E-state index in [9.17, 15) is 4.79 Å². The normalized spacial score (nSPS) is 15.5. The molecule has 2 aromatic rings. The van der Waals surface area contributed by atoms with Gasteiger partial charge in [0, 0.05) is 16.6 Å². The largest absolute Gasteiger partial charge is 0.478 e. The van der Waals surface area contributed by atoms with Crippen molar-refractivity contribution in [2.24, 2.45) is 5.92 Å². The third-order valence-electron chi connectivity index (χ3n) is 3.13. The minimum Gasteiger partial charge on any atom is -0.478 e. The number of aromatic nitrogens is 1. The Morgan fingerprint density at radius 1 is 1.38 bits per heavy atom. The molecule has 0 spiro atoms. The van der Waals surface area contributed by atoms with E-state index in [4.69, 9.17) is 5.11 Å². The van der Waals surface area contributed by atoms with Gasteiger partial charge in [-0.2, -0.15) is 0 Å². The van der Waals surface area contributed by atoms with Gasteiger partial charge < -0.3 is 10.1 Å². The number of H-pyrrole nitrogens is 1. The van der Waals surface area contributed by atoms with Gasteiger partial charge in [-0.3, -0.25) is 0 Å². The third-order valence-corrected chi connectivity index (χ3v) is 3.13. The maximum atomic E-state index is 10.8. The van der Waals surface area contributed by atoms with Crippen LogP contribution >= 0.6 is 0 Å². The Balaban J connectivity index is 1.99. The molecule has 0 bridgehead atoms. The van der Waals surface area contributed by atoms with Gasteiger partial charge in [-0.25, -0.2) is 4.79 Å².